The number of likely N-dealkylation sites (N-methyl/N-ethyl adjacent to an activating group) is 1. The first kappa shape index (κ1) is 38.9. The summed E-state index contributed by atoms with van der Waals surface area (Å²) in [5, 5.41) is 0. The zero-order valence-electron chi connectivity index (χ0n) is 31.0. The molecule has 0 bridgehead atoms. The number of pyridine rings is 1. The van der Waals surface area contributed by atoms with E-state index < -0.39 is 47.6 Å². The number of alkyl halides is 3. The van der Waals surface area contributed by atoms with Crippen LogP contribution in [0.15, 0.2) is 79.0 Å². The van der Waals surface area contributed by atoms with Crippen LogP contribution in [0.4, 0.5) is 13.2 Å². The van der Waals surface area contributed by atoms with Crippen LogP contribution in [-0.4, -0.2) is 78.2 Å². The lowest BCUT2D eigenvalue weighted by molar-refractivity contribution is -0.165. The smallest absolute Gasteiger partial charge is 0.416 e. The summed E-state index contributed by atoms with van der Waals surface area (Å²) in [6, 6.07) is 18.0. The molecule has 3 atom stereocenters. The number of ketones is 1. The number of hydrogen-bond acceptors (Lipinski definition) is 8. The van der Waals surface area contributed by atoms with E-state index in [0.717, 1.165) is 17.7 Å². The SMILES string of the molecule is CCOC(=O)C1(COC(=O)Cc2ccc(C3CC3C(=O)c3cccc(C)c3-c3ccc(C(F)(F)F)cc3)c(C(=O)N(C)C)c2)c2ncccc2C(=O)N1CC. The van der Waals surface area contributed by atoms with E-state index in [4.69, 9.17) is 9.47 Å². The number of benzene rings is 3. The molecule has 0 N–H and O–H groups in total. The molecule has 55 heavy (non-hydrogen) atoms. The number of amides is 2. The fourth-order valence-corrected chi connectivity index (χ4v) is 7.41. The zero-order valence-corrected chi connectivity index (χ0v) is 31.0. The molecule has 1 aliphatic heterocycles. The number of Topliss-reactive ketones (excluding diaryl/α,β-unsaturated/α-hetero) is 1. The van der Waals surface area contributed by atoms with Crippen molar-refractivity contribution >= 4 is 29.5 Å². The average molecular weight is 756 g/mol. The molecular formula is C42H40F3N3O7. The van der Waals surface area contributed by atoms with E-state index in [2.05, 4.69) is 4.98 Å². The van der Waals surface area contributed by atoms with Gasteiger partial charge in [0.15, 0.2) is 5.78 Å². The van der Waals surface area contributed by atoms with Gasteiger partial charge in [0, 0.05) is 43.9 Å². The molecule has 0 saturated heterocycles. The van der Waals surface area contributed by atoms with Crippen LogP contribution in [0.3, 0.4) is 0 Å². The summed E-state index contributed by atoms with van der Waals surface area (Å²) in [4.78, 5) is 74.7. The number of fused-ring (bicyclic) bond motifs is 1. The van der Waals surface area contributed by atoms with Gasteiger partial charge in [-0.25, -0.2) is 4.79 Å². The number of hydrogen-bond donors (Lipinski definition) is 0. The summed E-state index contributed by atoms with van der Waals surface area (Å²) < 4.78 is 50.8. The first-order valence-electron chi connectivity index (χ1n) is 17.9. The highest BCUT2D eigenvalue weighted by Crippen LogP contribution is 2.51. The minimum Gasteiger partial charge on any atom is -0.464 e. The monoisotopic (exact) mass is 755 g/mol. The van der Waals surface area contributed by atoms with Crippen LogP contribution in [0.1, 0.15) is 85.2 Å². The highest BCUT2D eigenvalue weighted by molar-refractivity contribution is 6.07. The first-order valence-corrected chi connectivity index (χ1v) is 17.9. The third-order valence-corrected chi connectivity index (χ3v) is 10.2. The van der Waals surface area contributed by atoms with Gasteiger partial charge in [-0.05, 0) is 91.3 Å². The lowest BCUT2D eigenvalue weighted by atomic mass is 9.89. The summed E-state index contributed by atoms with van der Waals surface area (Å²) in [6.45, 7) is 4.73. The van der Waals surface area contributed by atoms with E-state index in [-0.39, 0.29) is 48.4 Å². The van der Waals surface area contributed by atoms with Crippen molar-refractivity contribution in [2.75, 3.05) is 33.9 Å². The van der Waals surface area contributed by atoms with Crippen molar-refractivity contribution in [2.24, 2.45) is 5.92 Å². The maximum absolute atomic E-state index is 14.0. The van der Waals surface area contributed by atoms with Gasteiger partial charge in [0.05, 0.1) is 29.8 Å². The van der Waals surface area contributed by atoms with Crippen LogP contribution in [0, 0.1) is 12.8 Å². The van der Waals surface area contributed by atoms with Gasteiger partial charge in [-0.15, -0.1) is 0 Å². The van der Waals surface area contributed by atoms with Crippen LogP contribution in [-0.2, 0) is 37.2 Å². The average Bonchev–Trinajstić information content (AvgIpc) is 3.91. The minimum absolute atomic E-state index is 0.0240. The Morgan fingerprint density at radius 1 is 0.945 bits per heavy atom. The lowest BCUT2D eigenvalue weighted by Crippen LogP contribution is -2.54. The van der Waals surface area contributed by atoms with Gasteiger partial charge in [-0.3, -0.25) is 24.2 Å². The van der Waals surface area contributed by atoms with Crippen molar-refractivity contribution in [3.05, 3.63) is 124 Å². The number of carbonyl (C=O) groups is 5. The van der Waals surface area contributed by atoms with E-state index in [1.54, 1.807) is 83.4 Å². The van der Waals surface area contributed by atoms with Crippen LogP contribution in [0.2, 0.25) is 0 Å². The predicted molar refractivity (Wildman–Crippen MR) is 195 cm³/mol. The second-order valence-electron chi connectivity index (χ2n) is 13.9. The van der Waals surface area contributed by atoms with Crippen LogP contribution in [0.25, 0.3) is 11.1 Å². The summed E-state index contributed by atoms with van der Waals surface area (Å²) in [7, 11) is 3.18. The second kappa shape index (κ2) is 15.1. The number of rotatable bonds is 12. The molecule has 1 saturated carbocycles. The molecule has 3 aromatic carbocycles. The molecule has 1 aromatic heterocycles. The maximum atomic E-state index is 14.0. The highest BCUT2D eigenvalue weighted by Gasteiger charge is 2.58. The van der Waals surface area contributed by atoms with Crippen LogP contribution < -0.4 is 0 Å². The summed E-state index contributed by atoms with van der Waals surface area (Å²) in [6.07, 6.45) is -2.86. The molecule has 1 fully saturated rings. The Labute approximate surface area is 316 Å². The van der Waals surface area contributed by atoms with Crippen LogP contribution in [0.5, 0.6) is 0 Å². The standard InChI is InChI=1S/C42H40F3N3O7/c1-6-48-39(52)30-12-9-19-46-37(30)41(48,40(53)54-7-2)23-55-34(49)21-25-13-18-28(33(20-25)38(51)47(4)5)31-22-32(31)36(50)29-11-8-10-24(3)35(29)26-14-16-27(17-15-26)42(43,44)45/h8-20,31-32H,6-7,21-23H2,1-5H3. The van der Waals surface area contributed by atoms with E-state index in [0.29, 0.717) is 39.8 Å². The molecule has 0 spiro atoms. The lowest BCUT2D eigenvalue weighted by Gasteiger charge is -2.34. The van der Waals surface area contributed by atoms with Crippen molar-refractivity contribution in [3.63, 3.8) is 0 Å². The largest absolute Gasteiger partial charge is 0.464 e. The Balaban J connectivity index is 1.23. The van der Waals surface area contributed by atoms with Gasteiger partial charge in [-0.2, -0.15) is 13.2 Å². The molecule has 0 radical (unpaired) electrons. The van der Waals surface area contributed by atoms with Crippen molar-refractivity contribution in [1.82, 2.24) is 14.8 Å². The Kier molecular flexibility index (Phi) is 10.7. The van der Waals surface area contributed by atoms with Gasteiger partial charge >= 0.3 is 18.1 Å². The first-order chi connectivity index (χ1) is 26.1. The predicted octanol–water partition coefficient (Wildman–Crippen LogP) is 6.78. The third kappa shape index (κ3) is 7.22. The molecular weight excluding hydrogens is 715 g/mol. The van der Waals surface area contributed by atoms with Crippen molar-refractivity contribution in [3.8, 4) is 11.1 Å². The van der Waals surface area contributed by atoms with Crippen molar-refractivity contribution in [1.29, 1.82) is 0 Å². The molecule has 13 heteroatoms. The quantitative estimate of drug-likeness (QED) is 0.115. The minimum atomic E-state index is -4.49. The molecule has 2 amide bonds. The number of halogens is 3. The van der Waals surface area contributed by atoms with Gasteiger partial charge in [-0.1, -0.05) is 42.5 Å². The summed E-state index contributed by atoms with van der Waals surface area (Å²) in [5.74, 6) is -3.25. The molecule has 2 aliphatic rings. The summed E-state index contributed by atoms with van der Waals surface area (Å²) in [5.41, 5.74) is 1.34. The number of carbonyl (C=O) groups excluding carboxylic acids is 5. The number of nitrogens with zero attached hydrogens (tertiary/aromatic N) is 3. The summed E-state index contributed by atoms with van der Waals surface area (Å²) >= 11 is 0. The molecule has 6 rings (SSSR count). The zero-order chi connectivity index (χ0) is 39.8. The fourth-order valence-electron chi connectivity index (χ4n) is 7.41. The number of aromatic nitrogens is 1. The number of aryl methyl sites for hydroxylation is 1. The highest BCUT2D eigenvalue weighted by atomic mass is 19.4. The Morgan fingerprint density at radius 2 is 1.67 bits per heavy atom. The molecule has 286 valence electrons. The topological polar surface area (TPSA) is 123 Å². The van der Waals surface area contributed by atoms with Crippen molar-refractivity contribution in [2.45, 2.75) is 51.2 Å². The van der Waals surface area contributed by atoms with Gasteiger partial charge in [0.2, 0.25) is 5.54 Å². The second-order valence-corrected chi connectivity index (χ2v) is 13.9. The molecule has 1 aliphatic carbocycles. The third-order valence-electron chi connectivity index (χ3n) is 10.2. The van der Waals surface area contributed by atoms with Crippen molar-refractivity contribution < 1.29 is 46.6 Å². The molecule has 10 nitrogen and oxygen atoms in total. The fraction of sp³-hybridized carbons (Fsp3) is 0.333. The molecule has 2 heterocycles. The maximum Gasteiger partial charge on any atom is 0.416 e. The Hall–Kier alpha value is -5.85. The number of ether oxygens (including phenoxy) is 2. The van der Waals surface area contributed by atoms with E-state index in [1.165, 1.54) is 28.1 Å². The van der Waals surface area contributed by atoms with Gasteiger partial charge in [0.1, 0.15) is 6.61 Å². The Bertz CT molecular complexity index is 2180. The van der Waals surface area contributed by atoms with E-state index in [9.17, 15) is 37.1 Å². The Morgan fingerprint density at radius 3 is 2.33 bits per heavy atom. The molecule has 3 unspecified atom stereocenters. The van der Waals surface area contributed by atoms with Gasteiger partial charge < -0.3 is 19.3 Å². The normalized spacial score (nSPS) is 18.8. The van der Waals surface area contributed by atoms with E-state index >= 15 is 0 Å². The van der Waals surface area contributed by atoms with Gasteiger partial charge in [0.25, 0.3) is 11.8 Å². The van der Waals surface area contributed by atoms with E-state index in [1.807, 2.05) is 0 Å². The number of esters is 2. The molecule has 4 aromatic rings. The van der Waals surface area contributed by atoms with Crippen LogP contribution >= 0.6 is 0 Å².